The van der Waals surface area contributed by atoms with Crippen molar-refractivity contribution in [2.75, 3.05) is 5.32 Å². The van der Waals surface area contributed by atoms with Crippen molar-refractivity contribution in [2.24, 2.45) is 0 Å². The maximum absolute atomic E-state index is 12.7. The van der Waals surface area contributed by atoms with Crippen molar-refractivity contribution in [3.8, 4) is 11.8 Å². The molecule has 3 aromatic rings. The molecule has 4 nitrogen and oxygen atoms in total. The molecule has 1 heterocycles. The van der Waals surface area contributed by atoms with Crippen LogP contribution in [0.5, 0.6) is 0 Å². The van der Waals surface area contributed by atoms with Crippen molar-refractivity contribution in [3.63, 3.8) is 0 Å². The van der Waals surface area contributed by atoms with Crippen molar-refractivity contribution < 1.29 is 4.79 Å². The number of halogens is 1. The molecule has 1 amide bonds. The Kier molecular flexibility index (Phi) is 6.14. The highest BCUT2D eigenvalue weighted by atomic mass is 35.5. The number of rotatable bonds is 4. The van der Waals surface area contributed by atoms with E-state index in [1.807, 2.05) is 39.0 Å². The summed E-state index contributed by atoms with van der Waals surface area (Å²) in [6.07, 6.45) is 1.64. The van der Waals surface area contributed by atoms with Crippen LogP contribution in [0.4, 0.5) is 5.69 Å². The molecule has 152 valence electrons. The lowest BCUT2D eigenvalue weighted by atomic mass is 10.1. The van der Waals surface area contributed by atoms with E-state index in [-0.39, 0.29) is 5.57 Å². The second-order valence-electron chi connectivity index (χ2n) is 7.42. The molecule has 0 aliphatic heterocycles. The first kappa shape index (κ1) is 21.4. The first-order chi connectivity index (χ1) is 14.2. The van der Waals surface area contributed by atoms with Gasteiger partial charge in [-0.15, -0.1) is 0 Å². The molecule has 5 heteroatoms. The summed E-state index contributed by atoms with van der Waals surface area (Å²) in [7, 11) is 0. The van der Waals surface area contributed by atoms with Crippen LogP contribution < -0.4 is 5.32 Å². The number of nitriles is 1. The first-order valence-electron chi connectivity index (χ1n) is 9.68. The number of aromatic nitrogens is 1. The predicted octanol–water partition coefficient (Wildman–Crippen LogP) is 6.22. The van der Waals surface area contributed by atoms with Gasteiger partial charge in [0.2, 0.25) is 0 Å². The largest absolute Gasteiger partial charge is 0.321 e. The SMILES string of the molecule is Cc1cccc(-n2c(C)cc(/C=C(\C#N)C(=O)Nc3cccc(Cl)c3C)c2C)c1C. The van der Waals surface area contributed by atoms with Gasteiger partial charge in [-0.1, -0.05) is 29.8 Å². The van der Waals surface area contributed by atoms with Gasteiger partial charge in [-0.25, -0.2) is 0 Å². The van der Waals surface area contributed by atoms with Crippen LogP contribution in [0.25, 0.3) is 11.8 Å². The fourth-order valence-electron chi connectivity index (χ4n) is 3.52. The minimum atomic E-state index is -0.459. The molecule has 0 fully saturated rings. The van der Waals surface area contributed by atoms with Crippen LogP contribution in [0.1, 0.15) is 33.6 Å². The van der Waals surface area contributed by atoms with Crippen LogP contribution in [0, 0.1) is 45.9 Å². The van der Waals surface area contributed by atoms with Crippen LogP contribution in [-0.4, -0.2) is 10.5 Å². The summed E-state index contributed by atoms with van der Waals surface area (Å²) in [6, 6.07) is 15.5. The number of nitrogens with one attached hydrogen (secondary N) is 1. The lowest BCUT2D eigenvalue weighted by molar-refractivity contribution is -0.112. The minimum Gasteiger partial charge on any atom is -0.321 e. The number of carbonyl (C=O) groups excluding carboxylic acids is 1. The molecule has 0 aliphatic rings. The zero-order chi connectivity index (χ0) is 22.0. The summed E-state index contributed by atoms with van der Waals surface area (Å²) in [4.78, 5) is 12.7. The van der Waals surface area contributed by atoms with Gasteiger partial charge in [0, 0.05) is 27.8 Å². The third kappa shape index (κ3) is 4.03. The van der Waals surface area contributed by atoms with E-state index in [1.54, 1.807) is 24.3 Å². The average molecular weight is 418 g/mol. The highest BCUT2D eigenvalue weighted by Gasteiger charge is 2.16. The Balaban J connectivity index is 1.99. The van der Waals surface area contributed by atoms with E-state index in [2.05, 4.69) is 35.9 Å². The predicted molar refractivity (Wildman–Crippen MR) is 123 cm³/mol. The highest BCUT2D eigenvalue weighted by molar-refractivity contribution is 6.31. The monoisotopic (exact) mass is 417 g/mol. The molecule has 0 saturated carbocycles. The van der Waals surface area contributed by atoms with Crippen molar-refractivity contribution in [1.82, 2.24) is 4.57 Å². The molecule has 0 radical (unpaired) electrons. The van der Waals surface area contributed by atoms with Crippen molar-refractivity contribution in [3.05, 3.63) is 86.7 Å². The number of hydrogen-bond acceptors (Lipinski definition) is 2. The van der Waals surface area contributed by atoms with Gasteiger partial charge >= 0.3 is 0 Å². The standard InChI is InChI=1S/C25H24ClN3O/c1-15-8-6-11-24(17(15)3)29-16(2)12-20(19(29)5)13-21(14-27)25(30)28-23-10-7-9-22(26)18(23)4/h6-13H,1-5H3,(H,28,30)/b21-13+. The molecule has 0 saturated heterocycles. The van der Waals surface area contributed by atoms with Crippen LogP contribution in [0.2, 0.25) is 5.02 Å². The molecule has 3 rings (SSSR count). The van der Waals surface area contributed by atoms with E-state index < -0.39 is 5.91 Å². The van der Waals surface area contributed by atoms with Crippen LogP contribution >= 0.6 is 11.6 Å². The second-order valence-corrected chi connectivity index (χ2v) is 7.82. The van der Waals surface area contributed by atoms with Gasteiger partial charge in [0.15, 0.2) is 0 Å². The maximum Gasteiger partial charge on any atom is 0.266 e. The van der Waals surface area contributed by atoms with E-state index in [9.17, 15) is 10.1 Å². The molecule has 1 N–H and O–H groups in total. The average Bonchev–Trinajstić information content (AvgIpc) is 2.98. The van der Waals surface area contributed by atoms with Crippen LogP contribution in [0.15, 0.2) is 48.0 Å². The molecule has 1 aromatic heterocycles. The van der Waals surface area contributed by atoms with E-state index in [4.69, 9.17) is 11.6 Å². The van der Waals surface area contributed by atoms with E-state index in [0.29, 0.717) is 10.7 Å². The van der Waals surface area contributed by atoms with Crippen LogP contribution in [0.3, 0.4) is 0 Å². The van der Waals surface area contributed by atoms with E-state index >= 15 is 0 Å². The smallest absolute Gasteiger partial charge is 0.266 e. The lowest BCUT2D eigenvalue weighted by Gasteiger charge is -2.14. The molecule has 0 aliphatic carbocycles. The molecule has 0 unspecified atom stereocenters. The fraction of sp³-hybridized carbons (Fsp3) is 0.200. The summed E-state index contributed by atoms with van der Waals surface area (Å²) in [5.41, 5.74) is 7.75. The van der Waals surface area contributed by atoms with Gasteiger partial charge in [-0.2, -0.15) is 5.26 Å². The van der Waals surface area contributed by atoms with Crippen molar-refractivity contribution in [2.45, 2.75) is 34.6 Å². The molecule has 0 spiro atoms. The normalized spacial score (nSPS) is 11.3. The Morgan fingerprint density at radius 2 is 1.77 bits per heavy atom. The highest BCUT2D eigenvalue weighted by Crippen LogP contribution is 2.27. The van der Waals surface area contributed by atoms with Gasteiger partial charge in [0.05, 0.1) is 0 Å². The van der Waals surface area contributed by atoms with E-state index in [1.165, 1.54) is 11.1 Å². The van der Waals surface area contributed by atoms with Gasteiger partial charge in [0.1, 0.15) is 11.6 Å². The number of amides is 1. The summed E-state index contributed by atoms with van der Waals surface area (Å²) in [6.45, 7) is 10.0. The molecular formula is C25H24ClN3O. The number of benzene rings is 2. The first-order valence-corrected chi connectivity index (χ1v) is 10.1. The third-order valence-electron chi connectivity index (χ3n) is 5.47. The topological polar surface area (TPSA) is 57.8 Å². The summed E-state index contributed by atoms with van der Waals surface area (Å²) < 4.78 is 2.15. The van der Waals surface area contributed by atoms with Crippen LogP contribution in [-0.2, 0) is 4.79 Å². The van der Waals surface area contributed by atoms with Crippen molar-refractivity contribution in [1.29, 1.82) is 5.26 Å². The third-order valence-corrected chi connectivity index (χ3v) is 5.88. The summed E-state index contributed by atoms with van der Waals surface area (Å²) >= 11 is 6.13. The zero-order valence-electron chi connectivity index (χ0n) is 17.8. The number of aryl methyl sites for hydroxylation is 2. The van der Waals surface area contributed by atoms with Gasteiger partial charge in [-0.05, 0) is 87.2 Å². The molecule has 30 heavy (non-hydrogen) atoms. The second kappa shape index (κ2) is 8.61. The number of hydrogen-bond donors (Lipinski definition) is 1. The Morgan fingerprint density at radius 3 is 2.47 bits per heavy atom. The molecule has 0 bridgehead atoms. The Morgan fingerprint density at radius 1 is 1.07 bits per heavy atom. The Hall–Kier alpha value is -3.29. The Bertz CT molecular complexity index is 1210. The van der Waals surface area contributed by atoms with Crippen molar-refractivity contribution >= 4 is 29.3 Å². The number of anilines is 1. The lowest BCUT2D eigenvalue weighted by Crippen LogP contribution is -2.14. The minimum absolute atomic E-state index is 0.0376. The van der Waals surface area contributed by atoms with Gasteiger partial charge < -0.3 is 9.88 Å². The van der Waals surface area contributed by atoms with Gasteiger partial charge in [0.25, 0.3) is 5.91 Å². The zero-order valence-corrected chi connectivity index (χ0v) is 18.6. The fourth-order valence-corrected chi connectivity index (χ4v) is 3.69. The van der Waals surface area contributed by atoms with E-state index in [0.717, 1.165) is 28.2 Å². The molecule has 0 atom stereocenters. The number of carbonyl (C=O) groups is 1. The summed E-state index contributed by atoms with van der Waals surface area (Å²) in [5.74, 6) is -0.459. The summed E-state index contributed by atoms with van der Waals surface area (Å²) in [5, 5.41) is 13.0. The Labute approximate surface area is 182 Å². The molecule has 2 aromatic carbocycles. The van der Waals surface area contributed by atoms with Gasteiger partial charge in [-0.3, -0.25) is 4.79 Å². The quantitative estimate of drug-likeness (QED) is 0.404. The maximum atomic E-state index is 12.7. The number of nitrogens with zero attached hydrogens (tertiary/aromatic N) is 2. The molecular weight excluding hydrogens is 394 g/mol.